The van der Waals surface area contributed by atoms with E-state index in [1.54, 1.807) is 0 Å². The summed E-state index contributed by atoms with van der Waals surface area (Å²) in [6, 6.07) is 81.2. The predicted molar refractivity (Wildman–Crippen MR) is 270 cm³/mol. The number of hydrogen-bond acceptors (Lipinski definition) is 1. The molecule has 0 amide bonds. The fourth-order valence-corrected chi connectivity index (χ4v) is 16.1. The average Bonchev–Trinajstić information content (AvgIpc) is 3.86. The van der Waals surface area contributed by atoms with Gasteiger partial charge in [0.1, 0.15) is 0 Å². The summed E-state index contributed by atoms with van der Waals surface area (Å²) < 4.78 is 0. The van der Waals surface area contributed by atoms with Crippen molar-refractivity contribution < 1.29 is 0 Å². The highest BCUT2D eigenvalue weighted by molar-refractivity contribution is 8.34. The summed E-state index contributed by atoms with van der Waals surface area (Å²) in [5.41, 5.74) is 16.7. The zero-order valence-corrected chi connectivity index (χ0v) is 37.4. The SMILES string of the molecule is CC1(C)c2ccccc2-c2ccc(N(c3ccc4c(c3)C(C)(C)c3ccccc3-4)c3cccc4c3S(c3ccc5ccccc5c3)(c3ccc5ccccc5c3)c3ccccc3-4)cc21. The summed E-state index contributed by atoms with van der Waals surface area (Å²) >= 11 is 0. The molecule has 10 aromatic carbocycles. The van der Waals surface area contributed by atoms with Crippen LogP contribution in [0.25, 0.3) is 54.9 Å². The summed E-state index contributed by atoms with van der Waals surface area (Å²) in [4.78, 5) is 8.08. The van der Waals surface area contributed by atoms with Crippen molar-refractivity contribution >= 4 is 48.6 Å². The maximum Gasteiger partial charge on any atom is 0.0598 e. The normalized spacial score (nSPS) is 15.8. The number of anilines is 3. The number of benzene rings is 10. The lowest BCUT2D eigenvalue weighted by Crippen LogP contribution is -2.19. The number of fused-ring (bicyclic) bond motifs is 11. The van der Waals surface area contributed by atoms with Crippen LogP contribution in [0.1, 0.15) is 49.9 Å². The van der Waals surface area contributed by atoms with E-state index in [0.717, 1.165) is 0 Å². The highest BCUT2D eigenvalue weighted by atomic mass is 32.3. The zero-order valence-electron chi connectivity index (χ0n) is 36.6. The molecule has 0 unspecified atom stereocenters. The average molecular weight is 838 g/mol. The van der Waals surface area contributed by atoms with Gasteiger partial charge in [0.05, 0.1) is 5.69 Å². The molecule has 2 aliphatic carbocycles. The topological polar surface area (TPSA) is 3.24 Å². The van der Waals surface area contributed by atoms with Crippen LogP contribution in [0.4, 0.5) is 17.1 Å². The summed E-state index contributed by atoms with van der Waals surface area (Å²) in [5, 5.41) is 5.02. The largest absolute Gasteiger partial charge is 0.309 e. The van der Waals surface area contributed by atoms with Crippen LogP contribution in [0.2, 0.25) is 0 Å². The van der Waals surface area contributed by atoms with Gasteiger partial charge in [-0.2, -0.15) is 0 Å². The van der Waals surface area contributed by atoms with Crippen molar-refractivity contribution in [2.75, 3.05) is 4.90 Å². The minimum absolute atomic E-state index is 0.157. The quantitative estimate of drug-likeness (QED) is 0.167. The van der Waals surface area contributed by atoms with Gasteiger partial charge in [-0.25, -0.2) is 0 Å². The maximum absolute atomic E-state index is 2.62. The minimum Gasteiger partial charge on any atom is -0.309 e. The molecule has 0 atom stereocenters. The summed E-state index contributed by atoms with van der Waals surface area (Å²) in [6.45, 7) is 9.58. The van der Waals surface area contributed by atoms with Gasteiger partial charge < -0.3 is 4.90 Å². The molecule has 10 aromatic rings. The Kier molecular flexibility index (Phi) is 7.86. The molecule has 1 aliphatic heterocycles. The monoisotopic (exact) mass is 837 g/mol. The van der Waals surface area contributed by atoms with Gasteiger partial charge in [0.25, 0.3) is 0 Å². The lowest BCUT2D eigenvalue weighted by Gasteiger charge is -2.42. The number of nitrogens with zero attached hydrogens (tertiary/aromatic N) is 1. The van der Waals surface area contributed by atoms with E-state index < -0.39 is 10.0 Å². The first-order valence-electron chi connectivity index (χ1n) is 22.6. The molecule has 1 heterocycles. The van der Waals surface area contributed by atoms with Crippen LogP contribution < -0.4 is 4.90 Å². The van der Waals surface area contributed by atoms with Crippen molar-refractivity contribution in [3.05, 3.63) is 235 Å². The van der Waals surface area contributed by atoms with Crippen molar-refractivity contribution in [1.29, 1.82) is 0 Å². The molecule has 0 radical (unpaired) electrons. The van der Waals surface area contributed by atoms with Crippen LogP contribution >= 0.6 is 10.0 Å². The fourth-order valence-electron chi connectivity index (χ4n) is 11.7. The van der Waals surface area contributed by atoms with Gasteiger partial charge in [0.15, 0.2) is 0 Å². The van der Waals surface area contributed by atoms with E-state index in [9.17, 15) is 0 Å². The van der Waals surface area contributed by atoms with Gasteiger partial charge in [-0.15, -0.1) is 10.0 Å². The van der Waals surface area contributed by atoms with Crippen LogP contribution in [0, 0.1) is 0 Å². The molecule has 0 N–H and O–H groups in total. The highest BCUT2D eigenvalue weighted by Gasteiger charge is 2.46. The molecule has 3 aliphatic rings. The molecule has 0 spiro atoms. The van der Waals surface area contributed by atoms with Gasteiger partial charge >= 0.3 is 0 Å². The molecular formula is C62H47NS. The minimum atomic E-state index is -2.11. The van der Waals surface area contributed by atoms with E-state index in [4.69, 9.17) is 0 Å². The highest BCUT2D eigenvalue weighted by Crippen LogP contribution is 2.82. The van der Waals surface area contributed by atoms with Crippen LogP contribution in [-0.4, -0.2) is 0 Å². The van der Waals surface area contributed by atoms with Crippen LogP contribution in [0.15, 0.2) is 232 Å². The summed E-state index contributed by atoms with van der Waals surface area (Å²) in [7, 11) is -2.11. The van der Waals surface area contributed by atoms with Crippen LogP contribution in [-0.2, 0) is 10.8 Å². The van der Waals surface area contributed by atoms with E-state index in [2.05, 4.69) is 245 Å². The van der Waals surface area contributed by atoms with Crippen LogP contribution in [0.3, 0.4) is 0 Å². The van der Waals surface area contributed by atoms with Crippen molar-refractivity contribution in [2.24, 2.45) is 0 Å². The van der Waals surface area contributed by atoms with E-state index >= 15 is 0 Å². The Bertz CT molecular complexity index is 3400. The van der Waals surface area contributed by atoms with E-state index in [0.29, 0.717) is 0 Å². The molecular weight excluding hydrogens is 791 g/mol. The van der Waals surface area contributed by atoms with Crippen molar-refractivity contribution in [3.63, 3.8) is 0 Å². The lowest BCUT2D eigenvalue weighted by molar-refractivity contribution is 0.660. The molecule has 1 nitrogen and oxygen atoms in total. The smallest absolute Gasteiger partial charge is 0.0598 e. The van der Waals surface area contributed by atoms with E-state index in [1.165, 1.54) is 114 Å². The van der Waals surface area contributed by atoms with E-state index in [1.807, 2.05) is 0 Å². The van der Waals surface area contributed by atoms with Gasteiger partial charge in [0.2, 0.25) is 0 Å². The molecule has 0 bridgehead atoms. The Hall–Kier alpha value is -7.13. The summed E-state index contributed by atoms with van der Waals surface area (Å²) in [6.07, 6.45) is 0. The number of rotatable bonds is 5. The predicted octanol–water partition coefficient (Wildman–Crippen LogP) is 17.4. The second-order valence-electron chi connectivity index (χ2n) is 18.9. The third kappa shape index (κ3) is 5.03. The second kappa shape index (κ2) is 13.4. The zero-order chi connectivity index (χ0) is 43.0. The van der Waals surface area contributed by atoms with E-state index in [-0.39, 0.29) is 10.8 Å². The van der Waals surface area contributed by atoms with Crippen molar-refractivity contribution in [3.8, 4) is 33.4 Å². The van der Waals surface area contributed by atoms with Gasteiger partial charge in [-0.3, -0.25) is 0 Å². The Morgan fingerprint density at radius 1 is 0.328 bits per heavy atom. The van der Waals surface area contributed by atoms with Crippen molar-refractivity contribution in [2.45, 2.75) is 58.1 Å². The third-order valence-electron chi connectivity index (χ3n) is 14.8. The molecule has 64 heavy (non-hydrogen) atoms. The molecule has 306 valence electrons. The molecule has 0 saturated heterocycles. The fraction of sp³-hybridized carbons (Fsp3) is 0.0968. The second-order valence-corrected chi connectivity index (χ2v) is 21.9. The summed E-state index contributed by atoms with van der Waals surface area (Å²) in [5.74, 6) is 0. The Balaban J connectivity index is 1.14. The van der Waals surface area contributed by atoms with Gasteiger partial charge in [-0.1, -0.05) is 179 Å². The molecule has 2 heteroatoms. The third-order valence-corrected chi connectivity index (χ3v) is 18.8. The molecule has 0 fully saturated rings. The lowest BCUT2D eigenvalue weighted by atomic mass is 9.82. The molecule has 0 saturated carbocycles. The Labute approximate surface area is 377 Å². The standard InChI is InChI=1S/C62H47NS/c1-61(2)54-24-12-9-20-48(54)50-34-30-44(38-56(50)61)63(45-31-35-51-49-21-10-13-25-55(49)62(3,4)57(51)39-45)58-26-15-23-53-52-22-11-14-27-59(52)64(60(53)58,46-32-28-40-16-5-7-18-42(40)36-46)47-33-29-41-17-6-8-19-43(41)37-47/h5-39H,1-4H3. The molecule has 13 rings (SSSR count). The first kappa shape index (κ1) is 37.4. The maximum atomic E-state index is 2.62. The first-order chi connectivity index (χ1) is 31.2. The van der Waals surface area contributed by atoms with Gasteiger partial charge in [0, 0.05) is 41.8 Å². The van der Waals surface area contributed by atoms with Crippen LogP contribution in [0.5, 0.6) is 0 Å². The van der Waals surface area contributed by atoms with Gasteiger partial charge in [-0.05, 0) is 138 Å². The first-order valence-corrected chi connectivity index (χ1v) is 24.2. The van der Waals surface area contributed by atoms with Crippen molar-refractivity contribution in [1.82, 2.24) is 0 Å². The Morgan fingerprint density at radius 3 is 1.31 bits per heavy atom. The Morgan fingerprint density at radius 2 is 0.766 bits per heavy atom. The molecule has 0 aromatic heterocycles. The number of hydrogen-bond donors (Lipinski definition) is 0.